The van der Waals surface area contributed by atoms with Crippen LogP contribution in [0.25, 0.3) is 10.8 Å². The average Bonchev–Trinajstić information content (AvgIpc) is 2.58. The Kier molecular flexibility index (Phi) is 5.02. The van der Waals surface area contributed by atoms with Gasteiger partial charge in [-0.1, -0.05) is 29.8 Å². The summed E-state index contributed by atoms with van der Waals surface area (Å²) in [5.74, 6) is -0.364. The molecule has 0 saturated heterocycles. The van der Waals surface area contributed by atoms with Gasteiger partial charge in [0.1, 0.15) is 0 Å². The summed E-state index contributed by atoms with van der Waals surface area (Å²) in [6, 6.07) is 15.3. The lowest BCUT2D eigenvalue weighted by atomic mass is 9.91. The standard InChI is InChI=1S/C20H20ClN3O/c1-24(2)12-18(13-4-3-5-16(21)11-13)19-17-7-6-15(20(22)25)10-14(17)8-9-23-19/h3-11,18H,12H2,1-2H3,(H2,22,25)/t18-/m1/s1. The van der Waals surface area contributed by atoms with Crippen molar-refractivity contribution < 1.29 is 4.79 Å². The Bertz CT molecular complexity index is 924. The third-order valence-corrected chi connectivity index (χ3v) is 4.44. The lowest BCUT2D eigenvalue weighted by Crippen LogP contribution is -2.22. The van der Waals surface area contributed by atoms with Crippen molar-refractivity contribution in [3.63, 3.8) is 0 Å². The molecule has 5 heteroatoms. The number of halogens is 1. The molecule has 4 nitrogen and oxygen atoms in total. The minimum atomic E-state index is -0.431. The summed E-state index contributed by atoms with van der Waals surface area (Å²) in [7, 11) is 4.07. The van der Waals surface area contributed by atoms with Gasteiger partial charge in [-0.05, 0) is 55.4 Å². The van der Waals surface area contributed by atoms with E-state index in [4.69, 9.17) is 17.3 Å². The maximum Gasteiger partial charge on any atom is 0.248 e. The van der Waals surface area contributed by atoms with Crippen LogP contribution in [0, 0.1) is 0 Å². The normalized spacial score (nSPS) is 12.5. The molecule has 0 radical (unpaired) electrons. The summed E-state index contributed by atoms with van der Waals surface area (Å²) in [6.07, 6.45) is 1.77. The summed E-state index contributed by atoms with van der Waals surface area (Å²) in [5.41, 5.74) is 7.97. The van der Waals surface area contributed by atoms with E-state index in [9.17, 15) is 4.79 Å². The van der Waals surface area contributed by atoms with Crippen LogP contribution in [-0.4, -0.2) is 36.4 Å². The molecular formula is C20H20ClN3O. The van der Waals surface area contributed by atoms with Crippen molar-refractivity contribution >= 4 is 28.3 Å². The molecule has 0 saturated carbocycles. The molecule has 25 heavy (non-hydrogen) atoms. The molecule has 2 N–H and O–H groups in total. The molecule has 0 spiro atoms. The van der Waals surface area contributed by atoms with Crippen LogP contribution in [0.3, 0.4) is 0 Å². The van der Waals surface area contributed by atoms with E-state index >= 15 is 0 Å². The molecule has 2 aromatic carbocycles. The van der Waals surface area contributed by atoms with Crippen molar-refractivity contribution in [3.05, 3.63) is 76.6 Å². The maximum atomic E-state index is 11.5. The Hall–Kier alpha value is -2.43. The summed E-state index contributed by atoms with van der Waals surface area (Å²) in [4.78, 5) is 18.2. The Balaban J connectivity index is 2.17. The lowest BCUT2D eigenvalue weighted by Gasteiger charge is -2.23. The average molecular weight is 354 g/mol. The van der Waals surface area contributed by atoms with Gasteiger partial charge >= 0.3 is 0 Å². The molecule has 0 aliphatic rings. The van der Waals surface area contributed by atoms with Crippen molar-refractivity contribution in [2.75, 3.05) is 20.6 Å². The largest absolute Gasteiger partial charge is 0.366 e. The van der Waals surface area contributed by atoms with Gasteiger partial charge in [0.05, 0.1) is 5.69 Å². The molecule has 1 amide bonds. The molecule has 0 aliphatic heterocycles. The molecule has 0 unspecified atom stereocenters. The predicted molar refractivity (Wildman–Crippen MR) is 102 cm³/mol. The van der Waals surface area contributed by atoms with Gasteiger partial charge in [-0.15, -0.1) is 0 Å². The van der Waals surface area contributed by atoms with Crippen LogP contribution in [0.5, 0.6) is 0 Å². The van der Waals surface area contributed by atoms with Crippen LogP contribution in [-0.2, 0) is 0 Å². The van der Waals surface area contributed by atoms with Crippen LogP contribution < -0.4 is 5.73 Å². The molecule has 0 fully saturated rings. The van der Waals surface area contributed by atoms with E-state index < -0.39 is 5.91 Å². The Labute approximate surface area is 152 Å². The van der Waals surface area contributed by atoms with E-state index in [0.29, 0.717) is 10.6 Å². The molecule has 1 aromatic heterocycles. The zero-order valence-corrected chi connectivity index (χ0v) is 15.0. The predicted octanol–water partition coefficient (Wildman–Crippen LogP) is 3.68. The highest BCUT2D eigenvalue weighted by atomic mass is 35.5. The van der Waals surface area contributed by atoms with E-state index in [-0.39, 0.29) is 5.92 Å². The van der Waals surface area contributed by atoms with Crippen molar-refractivity contribution in [2.45, 2.75) is 5.92 Å². The molecule has 1 heterocycles. The number of pyridine rings is 1. The number of nitrogens with zero attached hydrogens (tertiary/aromatic N) is 2. The number of likely N-dealkylation sites (N-methyl/N-ethyl adjacent to an activating group) is 1. The van der Waals surface area contributed by atoms with Gasteiger partial charge in [0.25, 0.3) is 0 Å². The summed E-state index contributed by atoms with van der Waals surface area (Å²) < 4.78 is 0. The molecule has 3 aromatic rings. The number of fused-ring (bicyclic) bond motifs is 1. The van der Waals surface area contributed by atoms with E-state index in [1.165, 1.54) is 0 Å². The first-order chi connectivity index (χ1) is 12.0. The van der Waals surface area contributed by atoms with Gasteiger partial charge in [0.15, 0.2) is 0 Å². The number of hydrogen-bond acceptors (Lipinski definition) is 3. The Morgan fingerprint density at radius 2 is 2.00 bits per heavy atom. The van der Waals surface area contributed by atoms with Gasteiger partial charge in [-0.25, -0.2) is 0 Å². The van der Waals surface area contributed by atoms with Crippen molar-refractivity contribution in [3.8, 4) is 0 Å². The Morgan fingerprint density at radius 1 is 1.20 bits per heavy atom. The second-order valence-corrected chi connectivity index (χ2v) is 6.80. The van der Waals surface area contributed by atoms with Crippen molar-refractivity contribution in [2.24, 2.45) is 5.73 Å². The second kappa shape index (κ2) is 7.21. The highest BCUT2D eigenvalue weighted by molar-refractivity contribution is 6.30. The van der Waals surface area contributed by atoms with E-state index in [0.717, 1.165) is 28.6 Å². The highest BCUT2D eigenvalue weighted by Gasteiger charge is 2.20. The van der Waals surface area contributed by atoms with Crippen molar-refractivity contribution in [1.29, 1.82) is 0 Å². The fraction of sp³-hybridized carbons (Fsp3) is 0.200. The van der Waals surface area contributed by atoms with E-state index in [1.807, 2.05) is 50.5 Å². The fourth-order valence-electron chi connectivity index (χ4n) is 3.07. The quantitative estimate of drug-likeness (QED) is 0.761. The van der Waals surface area contributed by atoms with Crippen LogP contribution in [0.4, 0.5) is 0 Å². The zero-order chi connectivity index (χ0) is 18.0. The van der Waals surface area contributed by atoms with Crippen LogP contribution in [0.2, 0.25) is 5.02 Å². The second-order valence-electron chi connectivity index (χ2n) is 6.37. The number of primary amides is 1. The van der Waals surface area contributed by atoms with Gasteiger partial charge in [-0.3, -0.25) is 9.78 Å². The molecule has 3 rings (SSSR count). The van der Waals surface area contributed by atoms with E-state index in [1.54, 1.807) is 12.3 Å². The SMILES string of the molecule is CN(C)C[C@H](c1cccc(Cl)c1)c1nccc2cc(C(N)=O)ccc12. The third kappa shape index (κ3) is 3.81. The van der Waals surface area contributed by atoms with Gasteiger partial charge in [-0.2, -0.15) is 0 Å². The Morgan fingerprint density at radius 3 is 2.68 bits per heavy atom. The van der Waals surface area contributed by atoms with Gasteiger partial charge in [0, 0.05) is 34.6 Å². The zero-order valence-electron chi connectivity index (χ0n) is 14.2. The molecular weight excluding hydrogens is 334 g/mol. The first-order valence-electron chi connectivity index (χ1n) is 8.04. The monoisotopic (exact) mass is 353 g/mol. The molecule has 0 aliphatic carbocycles. The fourth-order valence-corrected chi connectivity index (χ4v) is 3.27. The minimum absolute atomic E-state index is 0.0665. The topological polar surface area (TPSA) is 59.2 Å². The third-order valence-electron chi connectivity index (χ3n) is 4.21. The van der Waals surface area contributed by atoms with Gasteiger partial charge in [0.2, 0.25) is 5.91 Å². The first kappa shape index (κ1) is 17.4. The number of carbonyl (C=O) groups excluding carboxylic acids is 1. The maximum absolute atomic E-state index is 11.5. The summed E-state index contributed by atoms with van der Waals surface area (Å²) in [6.45, 7) is 0.796. The van der Waals surface area contributed by atoms with Crippen molar-refractivity contribution in [1.82, 2.24) is 9.88 Å². The summed E-state index contributed by atoms with van der Waals surface area (Å²) >= 11 is 6.20. The number of aromatic nitrogens is 1. The smallest absolute Gasteiger partial charge is 0.248 e. The number of nitrogens with two attached hydrogens (primary N) is 1. The number of hydrogen-bond donors (Lipinski definition) is 1. The number of rotatable bonds is 5. The molecule has 0 bridgehead atoms. The number of carbonyl (C=O) groups is 1. The number of amides is 1. The minimum Gasteiger partial charge on any atom is -0.366 e. The van der Waals surface area contributed by atoms with Crippen LogP contribution in [0.1, 0.15) is 27.5 Å². The van der Waals surface area contributed by atoms with Crippen LogP contribution in [0.15, 0.2) is 54.7 Å². The summed E-state index contributed by atoms with van der Waals surface area (Å²) in [5, 5.41) is 2.67. The first-order valence-corrected chi connectivity index (χ1v) is 8.42. The molecule has 1 atom stereocenters. The van der Waals surface area contributed by atoms with E-state index in [2.05, 4.69) is 16.0 Å². The highest BCUT2D eigenvalue weighted by Crippen LogP contribution is 2.31. The lowest BCUT2D eigenvalue weighted by molar-refractivity contribution is 0.100. The van der Waals surface area contributed by atoms with Gasteiger partial charge < -0.3 is 10.6 Å². The number of benzene rings is 2. The van der Waals surface area contributed by atoms with Crippen LogP contribution >= 0.6 is 11.6 Å². The molecule has 128 valence electrons.